The largest absolute Gasteiger partial charge is 0.388 e. The topological polar surface area (TPSA) is 53.4 Å². The fraction of sp³-hybridized carbons (Fsp3) is 0.333. The Labute approximate surface area is 144 Å². The Morgan fingerprint density at radius 3 is 2.57 bits per heavy atom. The van der Waals surface area contributed by atoms with Gasteiger partial charge in [0.05, 0.1) is 11.7 Å². The smallest absolute Gasteiger partial charge is 0.255 e. The molecule has 1 amide bonds. The molecule has 1 unspecified atom stereocenters. The molecule has 1 atom stereocenters. The van der Waals surface area contributed by atoms with Crippen LogP contribution in [-0.2, 0) is 0 Å². The van der Waals surface area contributed by atoms with E-state index in [2.05, 4.69) is 20.9 Å². The molecule has 1 aliphatic heterocycles. The minimum absolute atomic E-state index is 0.00597. The van der Waals surface area contributed by atoms with Crippen molar-refractivity contribution in [3.05, 3.63) is 64.4 Å². The van der Waals surface area contributed by atoms with Gasteiger partial charge in [0.15, 0.2) is 0 Å². The summed E-state index contributed by atoms with van der Waals surface area (Å²) >= 11 is 3.34. The monoisotopic (exact) mass is 374 g/mol. The Bertz CT molecular complexity index is 670. The normalized spacial score (nSPS) is 17.0. The lowest BCUT2D eigenvalue weighted by Gasteiger charge is -2.34. The molecule has 1 aromatic heterocycles. The second kappa shape index (κ2) is 7.23. The number of carbonyl (C=O) groups is 1. The van der Waals surface area contributed by atoms with E-state index in [1.54, 1.807) is 18.5 Å². The summed E-state index contributed by atoms with van der Waals surface area (Å²) < 4.78 is 0.803. The molecule has 1 aliphatic rings. The number of piperidine rings is 1. The highest BCUT2D eigenvalue weighted by Crippen LogP contribution is 2.31. The summed E-state index contributed by atoms with van der Waals surface area (Å²) in [5.74, 6) is 0.202. The van der Waals surface area contributed by atoms with Gasteiger partial charge >= 0.3 is 0 Å². The average Bonchev–Trinajstić information content (AvgIpc) is 2.61. The number of hydrogen-bond acceptors (Lipinski definition) is 3. The molecule has 1 fully saturated rings. The van der Waals surface area contributed by atoms with Crippen LogP contribution in [0.15, 0.2) is 53.3 Å². The van der Waals surface area contributed by atoms with Crippen molar-refractivity contribution < 1.29 is 9.90 Å². The first-order valence-electron chi connectivity index (χ1n) is 7.78. The minimum Gasteiger partial charge on any atom is -0.388 e. The number of hydrogen-bond donors (Lipinski definition) is 1. The molecule has 3 rings (SSSR count). The molecule has 0 bridgehead atoms. The summed E-state index contributed by atoms with van der Waals surface area (Å²) in [7, 11) is 0. The van der Waals surface area contributed by atoms with Gasteiger partial charge in [0.2, 0.25) is 0 Å². The third-order valence-corrected chi connectivity index (χ3v) is 4.80. The van der Waals surface area contributed by atoms with E-state index in [9.17, 15) is 9.90 Å². The van der Waals surface area contributed by atoms with Crippen molar-refractivity contribution in [2.45, 2.75) is 18.9 Å². The third kappa shape index (κ3) is 3.79. The van der Waals surface area contributed by atoms with E-state index in [0.29, 0.717) is 18.7 Å². The van der Waals surface area contributed by atoms with E-state index in [1.165, 1.54) is 0 Å². The van der Waals surface area contributed by atoms with Crippen molar-refractivity contribution in [1.82, 2.24) is 9.88 Å². The molecule has 23 heavy (non-hydrogen) atoms. The molecule has 1 saturated heterocycles. The molecule has 2 heterocycles. The van der Waals surface area contributed by atoms with Gasteiger partial charge in [-0.2, -0.15) is 0 Å². The van der Waals surface area contributed by atoms with Crippen molar-refractivity contribution in [2.75, 3.05) is 13.1 Å². The van der Waals surface area contributed by atoms with Gasteiger partial charge < -0.3 is 10.0 Å². The molecule has 0 aliphatic carbocycles. The molecule has 1 N–H and O–H groups in total. The van der Waals surface area contributed by atoms with Gasteiger partial charge in [-0.05, 0) is 46.3 Å². The number of halogens is 1. The lowest BCUT2D eigenvalue weighted by atomic mass is 9.87. The number of nitrogens with zero attached hydrogens (tertiary/aromatic N) is 2. The van der Waals surface area contributed by atoms with Crippen molar-refractivity contribution in [3.8, 4) is 0 Å². The number of benzene rings is 1. The number of aliphatic hydroxyl groups is 1. The van der Waals surface area contributed by atoms with Gasteiger partial charge in [-0.3, -0.25) is 9.78 Å². The second-order valence-electron chi connectivity index (χ2n) is 5.88. The predicted octanol–water partition coefficient (Wildman–Crippen LogP) is 3.43. The molecule has 120 valence electrons. The number of pyridine rings is 1. The van der Waals surface area contributed by atoms with Crippen LogP contribution in [0.2, 0.25) is 0 Å². The molecule has 0 saturated carbocycles. The maximum absolute atomic E-state index is 12.5. The van der Waals surface area contributed by atoms with Crippen LogP contribution in [0.3, 0.4) is 0 Å². The van der Waals surface area contributed by atoms with Gasteiger partial charge in [0.1, 0.15) is 0 Å². The Kier molecular flexibility index (Phi) is 5.08. The Morgan fingerprint density at radius 1 is 1.22 bits per heavy atom. The van der Waals surface area contributed by atoms with Gasteiger partial charge in [0.25, 0.3) is 5.91 Å². The molecule has 5 heteroatoms. The highest BCUT2D eigenvalue weighted by Gasteiger charge is 2.28. The fourth-order valence-corrected chi connectivity index (χ4v) is 3.42. The molecule has 4 nitrogen and oxygen atoms in total. The van der Waals surface area contributed by atoms with Gasteiger partial charge in [-0.25, -0.2) is 0 Å². The quantitative estimate of drug-likeness (QED) is 0.895. The molecule has 1 aromatic carbocycles. The van der Waals surface area contributed by atoms with Crippen molar-refractivity contribution in [3.63, 3.8) is 0 Å². The van der Waals surface area contributed by atoms with Crippen LogP contribution in [0.4, 0.5) is 0 Å². The summed E-state index contributed by atoms with van der Waals surface area (Å²) in [5.41, 5.74) is 1.55. The van der Waals surface area contributed by atoms with E-state index >= 15 is 0 Å². The number of likely N-dealkylation sites (tertiary alicyclic amines) is 1. The standard InChI is InChI=1S/C18H19BrN2O2/c19-16-10-15(11-20-12-16)18(23)21-8-6-14(7-9-21)17(22)13-4-2-1-3-5-13/h1-5,10-12,14,17,22H,6-9H2. The Hall–Kier alpha value is -1.72. The predicted molar refractivity (Wildman–Crippen MR) is 92.0 cm³/mol. The summed E-state index contributed by atoms with van der Waals surface area (Å²) in [4.78, 5) is 18.4. The number of rotatable bonds is 3. The van der Waals surface area contributed by atoms with Crippen molar-refractivity contribution >= 4 is 21.8 Å². The first-order chi connectivity index (χ1) is 11.1. The van der Waals surface area contributed by atoms with Gasteiger partial charge in [0, 0.05) is 30.0 Å². The van der Waals surface area contributed by atoms with Crippen LogP contribution < -0.4 is 0 Å². The number of aliphatic hydroxyl groups excluding tert-OH is 1. The van der Waals surface area contributed by atoms with E-state index in [-0.39, 0.29) is 11.8 Å². The number of carbonyl (C=O) groups excluding carboxylic acids is 1. The van der Waals surface area contributed by atoms with Crippen LogP contribution in [0, 0.1) is 5.92 Å². The zero-order valence-electron chi connectivity index (χ0n) is 12.7. The highest BCUT2D eigenvalue weighted by molar-refractivity contribution is 9.10. The van der Waals surface area contributed by atoms with Crippen molar-refractivity contribution in [1.29, 1.82) is 0 Å². The second-order valence-corrected chi connectivity index (χ2v) is 6.79. The van der Waals surface area contributed by atoms with Crippen molar-refractivity contribution in [2.24, 2.45) is 5.92 Å². The molecule has 2 aromatic rings. The first kappa shape index (κ1) is 16.1. The van der Waals surface area contributed by atoms with Gasteiger partial charge in [-0.15, -0.1) is 0 Å². The van der Waals surface area contributed by atoms with E-state index in [0.717, 1.165) is 22.9 Å². The number of amides is 1. The van der Waals surface area contributed by atoms with Gasteiger partial charge in [-0.1, -0.05) is 30.3 Å². The maximum Gasteiger partial charge on any atom is 0.255 e. The number of aromatic nitrogens is 1. The summed E-state index contributed by atoms with van der Waals surface area (Å²) in [6, 6.07) is 11.5. The van der Waals surface area contributed by atoms with Crippen LogP contribution in [0.5, 0.6) is 0 Å². The van der Waals surface area contributed by atoms with Crippen LogP contribution in [0.1, 0.15) is 34.9 Å². The maximum atomic E-state index is 12.5. The zero-order chi connectivity index (χ0) is 16.2. The summed E-state index contributed by atoms with van der Waals surface area (Å²) in [6.45, 7) is 1.33. The zero-order valence-corrected chi connectivity index (χ0v) is 14.3. The van der Waals surface area contributed by atoms with Crippen LogP contribution in [-0.4, -0.2) is 34.0 Å². The van der Waals surface area contributed by atoms with E-state index in [4.69, 9.17) is 0 Å². The molecule has 0 radical (unpaired) electrons. The molecular formula is C18H19BrN2O2. The van der Waals surface area contributed by atoms with Crippen LogP contribution in [0.25, 0.3) is 0 Å². The molecular weight excluding hydrogens is 356 g/mol. The SMILES string of the molecule is O=C(c1cncc(Br)c1)N1CCC(C(O)c2ccccc2)CC1. The Morgan fingerprint density at radius 2 is 1.91 bits per heavy atom. The first-order valence-corrected chi connectivity index (χ1v) is 8.57. The average molecular weight is 375 g/mol. The van der Waals surface area contributed by atoms with E-state index in [1.807, 2.05) is 35.2 Å². The highest BCUT2D eigenvalue weighted by atomic mass is 79.9. The third-order valence-electron chi connectivity index (χ3n) is 4.37. The summed E-state index contributed by atoms with van der Waals surface area (Å²) in [6.07, 6.45) is 4.42. The summed E-state index contributed by atoms with van der Waals surface area (Å²) in [5, 5.41) is 10.5. The lowest BCUT2D eigenvalue weighted by molar-refractivity contribution is 0.0462. The fourth-order valence-electron chi connectivity index (χ4n) is 3.05. The van der Waals surface area contributed by atoms with Crippen LogP contribution >= 0.6 is 15.9 Å². The Balaban J connectivity index is 1.61. The lowest BCUT2D eigenvalue weighted by Crippen LogP contribution is -2.39. The minimum atomic E-state index is -0.457. The van der Waals surface area contributed by atoms with E-state index < -0.39 is 6.10 Å². The molecule has 0 spiro atoms.